The van der Waals surface area contributed by atoms with E-state index >= 15 is 0 Å². The van der Waals surface area contributed by atoms with Gasteiger partial charge in [0.25, 0.3) is 0 Å². The highest BCUT2D eigenvalue weighted by Crippen LogP contribution is 2.32. The summed E-state index contributed by atoms with van der Waals surface area (Å²) in [5.41, 5.74) is 6.89. The summed E-state index contributed by atoms with van der Waals surface area (Å²) in [5, 5.41) is 12.4. The smallest absolute Gasteiger partial charge is 0.227 e. The molecule has 4 aromatic carbocycles. The first-order valence-electron chi connectivity index (χ1n) is 14.1. The Morgan fingerprint density at radius 3 is 2.32 bits per heavy atom. The van der Waals surface area contributed by atoms with Crippen LogP contribution in [-0.4, -0.2) is 24.9 Å². The third-order valence-electron chi connectivity index (χ3n) is 7.54. The van der Waals surface area contributed by atoms with E-state index in [1.54, 1.807) is 12.1 Å². The van der Waals surface area contributed by atoms with Gasteiger partial charge in [0.2, 0.25) is 5.91 Å². The van der Waals surface area contributed by atoms with Crippen molar-refractivity contribution in [3.63, 3.8) is 0 Å². The number of nitriles is 1. The molecule has 6 heteroatoms. The molecule has 0 aromatic heterocycles. The highest BCUT2D eigenvalue weighted by molar-refractivity contribution is 5.95. The Labute approximate surface area is 241 Å². The van der Waals surface area contributed by atoms with E-state index in [0.717, 1.165) is 52.8 Å². The highest BCUT2D eigenvalue weighted by Gasteiger charge is 2.25. The average Bonchev–Trinajstić information content (AvgIpc) is 3.04. The Morgan fingerprint density at radius 1 is 0.927 bits per heavy atom. The summed E-state index contributed by atoms with van der Waals surface area (Å²) in [6, 6.07) is 35.9. The number of hydrogen-bond acceptors (Lipinski definition) is 5. The van der Waals surface area contributed by atoms with Crippen LogP contribution in [0.4, 0.5) is 11.4 Å². The van der Waals surface area contributed by atoms with Crippen molar-refractivity contribution in [2.45, 2.75) is 44.9 Å². The summed E-state index contributed by atoms with van der Waals surface area (Å²) in [7, 11) is 0. The third kappa shape index (κ3) is 7.08. The minimum absolute atomic E-state index is 0.0968. The van der Waals surface area contributed by atoms with Crippen LogP contribution in [0.25, 0.3) is 0 Å². The van der Waals surface area contributed by atoms with Gasteiger partial charge in [0.05, 0.1) is 11.6 Å². The van der Waals surface area contributed by atoms with Gasteiger partial charge in [0.15, 0.2) is 6.29 Å². The molecule has 206 valence electrons. The lowest BCUT2D eigenvalue weighted by molar-refractivity contribution is -0.118. The number of carbonyl (C=O) groups is 2. The zero-order valence-corrected chi connectivity index (χ0v) is 23.1. The molecule has 1 unspecified atom stereocenters. The standard InChI is InChI=1S/C35H34N4O2/c36-23-28-15-13-27(14-16-28)17-20-35(41)38-21-7-12-31-22-32(18-19-33(31)38)39(25-30-10-5-2-6-11-30)34(26-40)37-24-29-8-3-1-4-9-29/h1-6,8-11,13-16,18-19,22,26,34,37H,7,12,17,20-21,24-25H2. The molecule has 1 N–H and O–H groups in total. The third-order valence-corrected chi connectivity index (χ3v) is 7.54. The normalized spacial score (nSPS) is 13.1. The van der Waals surface area contributed by atoms with E-state index in [9.17, 15) is 9.59 Å². The number of amides is 1. The maximum atomic E-state index is 13.3. The highest BCUT2D eigenvalue weighted by atomic mass is 16.2. The number of fused-ring (bicyclic) bond motifs is 1. The van der Waals surface area contributed by atoms with Crippen LogP contribution in [0.3, 0.4) is 0 Å². The summed E-state index contributed by atoms with van der Waals surface area (Å²) in [6.07, 6.45) is 3.25. The predicted molar refractivity (Wildman–Crippen MR) is 162 cm³/mol. The SMILES string of the molecule is N#Cc1ccc(CCC(=O)N2CCCc3cc(N(Cc4ccccc4)C(C=O)NCc4ccccc4)ccc32)cc1. The number of hydrogen-bond donors (Lipinski definition) is 1. The van der Waals surface area contributed by atoms with Crippen molar-refractivity contribution < 1.29 is 9.59 Å². The molecular formula is C35H34N4O2. The van der Waals surface area contributed by atoms with Gasteiger partial charge in [-0.3, -0.25) is 14.9 Å². The summed E-state index contributed by atoms with van der Waals surface area (Å²) < 4.78 is 0. The number of aldehydes is 1. The van der Waals surface area contributed by atoms with Gasteiger partial charge in [0.1, 0.15) is 6.17 Å². The van der Waals surface area contributed by atoms with E-state index in [-0.39, 0.29) is 5.91 Å². The van der Waals surface area contributed by atoms with Crippen molar-refractivity contribution in [1.82, 2.24) is 5.32 Å². The Balaban J connectivity index is 1.35. The van der Waals surface area contributed by atoms with Gasteiger partial charge in [-0.15, -0.1) is 0 Å². The first kappa shape index (κ1) is 27.8. The zero-order valence-electron chi connectivity index (χ0n) is 23.1. The molecule has 5 rings (SSSR count). The maximum absolute atomic E-state index is 13.3. The fraction of sp³-hybridized carbons (Fsp3) is 0.229. The van der Waals surface area contributed by atoms with Crippen molar-refractivity contribution in [3.05, 3.63) is 131 Å². The van der Waals surface area contributed by atoms with E-state index in [4.69, 9.17) is 5.26 Å². The summed E-state index contributed by atoms with van der Waals surface area (Å²) >= 11 is 0. The molecule has 1 heterocycles. The Hall–Kier alpha value is -4.73. The number of carbonyl (C=O) groups excluding carboxylic acids is 2. The minimum Gasteiger partial charge on any atom is -0.345 e. The molecular weight excluding hydrogens is 508 g/mol. The number of anilines is 2. The first-order valence-corrected chi connectivity index (χ1v) is 14.1. The summed E-state index contributed by atoms with van der Waals surface area (Å²) in [4.78, 5) is 29.7. The van der Waals surface area contributed by atoms with Crippen molar-refractivity contribution in [2.24, 2.45) is 0 Å². The van der Waals surface area contributed by atoms with Gasteiger partial charge in [-0.1, -0.05) is 72.8 Å². The van der Waals surface area contributed by atoms with Gasteiger partial charge >= 0.3 is 0 Å². The van der Waals surface area contributed by atoms with Gasteiger partial charge in [-0.2, -0.15) is 5.26 Å². The molecule has 0 saturated carbocycles. The summed E-state index contributed by atoms with van der Waals surface area (Å²) in [5.74, 6) is 0.0968. The molecule has 6 nitrogen and oxygen atoms in total. The van der Waals surface area contributed by atoms with Crippen LogP contribution >= 0.6 is 0 Å². The first-order chi connectivity index (χ1) is 20.1. The van der Waals surface area contributed by atoms with E-state index < -0.39 is 6.17 Å². The van der Waals surface area contributed by atoms with E-state index in [1.165, 1.54) is 0 Å². The fourth-order valence-corrected chi connectivity index (χ4v) is 5.33. The lowest BCUT2D eigenvalue weighted by Crippen LogP contribution is -2.46. The predicted octanol–water partition coefficient (Wildman–Crippen LogP) is 5.79. The summed E-state index contributed by atoms with van der Waals surface area (Å²) in [6.45, 7) is 1.84. The molecule has 0 bridgehead atoms. The van der Waals surface area contributed by atoms with Crippen LogP contribution in [-0.2, 0) is 35.5 Å². The van der Waals surface area contributed by atoms with Crippen molar-refractivity contribution >= 4 is 23.6 Å². The quantitative estimate of drug-likeness (QED) is 0.192. The minimum atomic E-state index is -0.526. The number of aryl methyl sites for hydroxylation is 2. The van der Waals surface area contributed by atoms with Crippen molar-refractivity contribution in [2.75, 3.05) is 16.3 Å². The molecule has 1 aliphatic rings. The molecule has 0 aliphatic carbocycles. The number of benzene rings is 4. The monoisotopic (exact) mass is 542 g/mol. The molecule has 0 radical (unpaired) electrons. The lowest BCUT2D eigenvalue weighted by Gasteiger charge is -2.34. The van der Waals surface area contributed by atoms with Gasteiger partial charge in [-0.05, 0) is 71.8 Å². The molecule has 41 heavy (non-hydrogen) atoms. The van der Waals surface area contributed by atoms with Crippen LogP contribution in [0.15, 0.2) is 103 Å². The second kappa shape index (κ2) is 13.6. The van der Waals surface area contributed by atoms with E-state index in [2.05, 4.69) is 34.5 Å². The number of nitrogens with one attached hydrogen (secondary N) is 1. The molecule has 1 aliphatic heterocycles. The van der Waals surface area contributed by atoms with Crippen LogP contribution in [0.2, 0.25) is 0 Å². The number of nitrogens with zero attached hydrogens (tertiary/aromatic N) is 3. The Kier molecular flexibility index (Phi) is 9.20. The Bertz CT molecular complexity index is 1500. The second-order valence-electron chi connectivity index (χ2n) is 10.3. The molecule has 4 aromatic rings. The Morgan fingerprint density at radius 2 is 1.63 bits per heavy atom. The van der Waals surface area contributed by atoms with E-state index in [0.29, 0.717) is 38.0 Å². The van der Waals surface area contributed by atoms with E-state index in [1.807, 2.05) is 77.7 Å². The molecule has 0 fully saturated rings. The van der Waals surface area contributed by atoms with Crippen LogP contribution < -0.4 is 15.1 Å². The van der Waals surface area contributed by atoms with Crippen molar-refractivity contribution in [1.29, 1.82) is 5.26 Å². The molecule has 0 spiro atoms. The van der Waals surface area contributed by atoms with Gasteiger partial charge < -0.3 is 9.80 Å². The van der Waals surface area contributed by atoms with Crippen LogP contribution in [0.1, 0.15) is 40.7 Å². The van der Waals surface area contributed by atoms with Crippen molar-refractivity contribution in [3.8, 4) is 6.07 Å². The second-order valence-corrected chi connectivity index (χ2v) is 10.3. The van der Waals surface area contributed by atoms with Gasteiger partial charge in [-0.25, -0.2) is 0 Å². The van der Waals surface area contributed by atoms with Crippen LogP contribution in [0, 0.1) is 11.3 Å². The fourth-order valence-electron chi connectivity index (χ4n) is 5.33. The lowest BCUT2D eigenvalue weighted by atomic mass is 9.99. The molecule has 1 atom stereocenters. The molecule has 0 saturated heterocycles. The maximum Gasteiger partial charge on any atom is 0.227 e. The van der Waals surface area contributed by atoms with Crippen LogP contribution in [0.5, 0.6) is 0 Å². The average molecular weight is 543 g/mol. The van der Waals surface area contributed by atoms with Gasteiger partial charge in [0, 0.05) is 37.4 Å². The topological polar surface area (TPSA) is 76.4 Å². The molecule has 1 amide bonds. The zero-order chi connectivity index (χ0) is 28.4. The number of rotatable bonds is 11. The largest absolute Gasteiger partial charge is 0.345 e.